The van der Waals surface area contributed by atoms with Crippen LogP contribution in [0.25, 0.3) is 0 Å². The molecule has 0 aliphatic carbocycles. The van der Waals surface area contributed by atoms with E-state index in [2.05, 4.69) is 15.2 Å². The molecule has 0 radical (unpaired) electrons. The SMILES string of the molecule is Cc1nc(C(C)(C)CN)n[nH]1. The van der Waals surface area contributed by atoms with Crippen molar-refractivity contribution in [3.63, 3.8) is 0 Å². The average Bonchev–Trinajstić information content (AvgIpc) is 2.36. The van der Waals surface area contributed by atoms with Crippen LogP contribution < -0.4 is 5.73 Å². The van der Waals surface area contributed by atoms with Gasteiger partial charge in [0.1, 0.15) is 5.82 Å². The summed E-state index contributed by atoms with van der Waals surface area (Å²) in [6, 6.07) is 0. The van der Waals surface area contributed by atoms with E-state index in [0.29, 0.717) is 6.54 Å². The van der Waals surface area contributed by atoms with Crippen LogP contribution in [0.1, 0.15) is 25.5 Å². The summed E-state index contributed by atoms with van der Waals surface area (Å²) >= 11 is 0. The highest BCUT2D eigenvalue weighted by molar-refractivity contribution is 5.03. The van der Waals surface area contributed by atoms with Gasteiger partial charge in [-0.3, -0.25) is 5.10 Å². The molecule has 0 amide bonds. The number of nitrogens with zero attached hydrogens (tertiary/aromatic N) is 2. The Bertz CT molecular complexity index is 238. The minimum Gasteiger partial charge on any atom is -0.329 e. The molecule has 0 aliphatic heterocycles. The number of nitrogens with two attached hydrogens (primary N) is 1. The van der Waals surface area contributed by atoms with Gasteiger partial charge in [-0.15, -0.1) is 0 Å². The maximum absolute atomic E-state index is 5.55. The number of aromatic nitrogens is 3. The Hall–Kier alpha value is -0.900. The van der Waals surface area contributed by atoms with Gasteiger partial charge >= 0.3 is 0 Å². The molecule has 0 saturated carbocycles. The average molecular weight is 154 g/mol. The molecule has 1 aromatic heterocycles. The summed E-state index contributed by atoms with van der Waals surface area (Å²) in [5.74, 6) is 1.62. The zero-order chi connectivity index (χ0) is 8.48. The lowest BCUT2D eigenvalue weighted by atomic mass is 9.93. The molecule has 0 bridgehead atoms. The molecule has 4 nitrogen and oxygen atoms in total. The highest BCUT2D eigenvalue weighted by Gasteiger charge is 2.22. The zero-order valence-electron chi connectivity index (χ0n) is 7.18. The fourth-order valence-corrected chi connectivity index (χ4v) is 0.737. The van der Waals surface area contributed by atoms with Gasteiger partial charge < -0.3 is 5.73 Å². The van der Waals surface area contributed by atoms with Crippen molar-refractivity contribution in [1.29, 1.82) is 0 Å². The summed E-state index contributed by atoms with van der Waals surface area (Å²) < 4.78 is 0. The van der Waals surface area contributed by atoms with Crippen LogP contribution in [0.15, 0.2) is 0 Å². The lowest BCUT2D eigenvalue weighted by Crippen LogP contribution is -2.29. The first-order valence-electron chi connectivity index (χ1n) is 3.66. The van der Waals surface area contributed by atoms with Crippen LogP contribution in [-0.2, 0) is 5.41 Å². The summed E-state index contributed by atoms with van der Waals surface area (Å²) in [6.45, 7) is 6.48. The molecule has 62 valence electrons. The van der Waals surface area contributed by atoms with Gasteiger partial charge in [0.05, 0.1) is 0 Å². The van der Waals surface area contributed by atoms with Crippen molar-refractivity contribution in [3.05, 3.63) is 11.6 Å². The maximum atomic E-state index is 5.55. The van der Waals surface area contributed by atoms with Gasteiger partial charge in [0.25, 0.3) is 0 Å². The van der Waals surface area contributed by atoms with Crippen LogP contribution >= 0.6 is 0 Å². The second-order valence-corrected chi connectivity index (χ2v) is 3.33. The molecule has 3 N–H and O–H groups in total. The van der Waals surface area contributed by atoms with Crippen molar-refractivity contribution in [2.24, 2.45) is 5.73 Å². The fourth-order valence-electron chi connectivity index (χ4n) is 0.737. The van der Waals surface area contributed by atoms with Gasteiger partial charge in [-0.25, -0.2) is 4.98 Å². The summed E-state index contributed by atoms with van der Waals surface area (Å²) in [7, 11) is 0. The molecular formula is C7H14N4. The summed E-state index contributed by atoms with van der Waals surface area (Å²) in [6.07, 6.45) is 0. The van der Waals surface area contributed by atoms with Crippen LogP contribution in [0.3, 0.4) is 0 Å². The molecule has 0 saturated heterocycles. The molecule has 0 aromatic carbocycles. The first-order chi connectivity index (χ1) is 5.06. The Morgan fingerprint density at radius 1 is 1.55 bits per heavy atom. The molecule has 1 heterocycles. The first-order valence-corrected chi connectivity index (χ1v) is 3.66. The van der Waals surface area contributed by atoms with Crippen LogP contribution in [-0.4, -0.2) is 21.7 Å². The minimum atomic E-state index is -0.120. The third-order valence-corrected chi connectivity index (χ3v) is 1.71. The predicted octanol–water partition coefficient (Wildman–Crippen LogP) is 0.349. The van der Waals surface area contributed by atoms with E-state index in [4.69, 9.17) is 5.73 Å². The van der Waals surface area contributed by atoms with E-state index in [1.54, 1.807) is 0 Å². The van der Waals surface area contributed by atoms with Gasteiger partial charge in [-0.1, -0.05) is 13.8 Å². The Morgan fingerprint density at radius 2 is 2.18 bits per heavy atom. The number of aromatic amines is 1. The Labute approximate surface area is 66.2 Å². The standard InChI is InChI=1S/C7H14N4/c1-5-9-6(11-10-5)7(2,3)4-8/h4,8H2,1-3H3,(H,9,10,11). The molecule has 0 unspecified atom stereocenters. The third-order valence-electron chi connectivity index (χ3n) is 1.71. The molecule has 0 aliphatic rings. The van der Waals surface area contributed by atoms with E-state index in [-0.39, 0.29) is 5.41 Å². The highest BCUT2D eigenvalue weighted by Crippen LogP contribution is 2.16. The summed E-state index contributed by atoms with van der Waals surface area (Å²) in [5, 5.41) is 6.83. The largest absolute Gasteiger partial charge is 0.329 e. The summed E-state index contributed by atoms with van der Waals surface area (Å²) in [5.41, 5.74) is 5.43. The van der Waals surface area contributed by atoms with E-state index in [1.807, 2.05) is 20.8 Å². The molecule has 0 spiro atoms. The van der Waals surface area contributed by atoms with E-state index in [0.717, 1.165) is 11.6 Å². The zero-order valence-corrected chi connectivity index (χ0v) is 7.18. The monoisotopic (exact) mass is 154 g/mol. The molecule has 1 aromatic rings. The van der Waals surface area contributed by atoms with Crippen LogP contribution in [0.2, 0.25) is 0 Å². The summed E-state index contributed by atoms with van der Waals surface area (Å²) in [4.78, 5) is 4.21. The molecule has 0 atom stereocenters. The number of nitrogens with one attached hydrogen (secondary N) is 1. The normalized spacial score (nSPS) is 12.0. The molecular weight excluding hydrogens is 140 g/mol. The first kappa shape index (κ1) is 8.20. The van der Waals surface area contributed by atoms with Crippen molar-refractivity contribution < 1.29 is 0 Å². The lowest BCUT2D eigenvalue weighted by Gasteiger charge is -2.16. The maximum Gasteiger partial charge on any atom is 0.157 e. The molecule has 1 rings (SSSR count). The molecule has 0 fully saturated rings. The van der Waals surface area contributed by atoms with Crippen LogP contribution in [0.5, 0.6) is 0 Å². The fraction of sp³-hybridized carbons (Fsp3) is 0.714. The smallest absolute Gasteiger partial charge is 0.157 e. The number of H-pyrrole nitrogens is 1. The van der Waals surface area contributed by atoms with Crippen molar-refractivity contribution in [2.45, 2.75) is 26.2 Å². The van der Waals surface area contributed by atoms with E-state index in [9.17, 15) is 0 Å². The Morgan fingerprint density at radius 3 is 2.55 bits per heavy atom. The predicted molar refractivity (Wildman–Crippen MR) is 43.2 cm³/mol. The topological polar surface area (TPSA) is 67.6 Å². The van der Waals surface area contributed by atoms with Gasteiger partial charge in [0.2, 0.25) is 0 Å². The quantitative estimate of drug-likeness (QED) is 0.645. The molecule has 4 heteroatoms. The Balaban J connectivity index is 2.92. The highest BCUT2D eigenvalue weighted by atomic mass is 15.2. The van der Waals surface area contributed by atoms with Crippen molar-refractivity contribution >= 4 is 0 Å². The van der Waals surface area contributed by atoms with Crippen molar-refractivity contribution in [2.75, 3.05) is 6.54 Å². The van der Waals surface area contributed by atoms with E-state index < -0.39 is 0 Å². The third kappa shape index (κ3) is 1.57. The van der Waals surface area contributed by atoms with Crippen molar-refractivity contribution in [3.8, 4) is 0 Å². The Kier molecular flexibility index (Phi) is 1.95. The molecule has 11 heavy (non-hydrogen) atoms. The van der Waals surface area contributed by atoms with Gasteiger partial charge in [-0.2, -0.15) is 5.10 Å². The number of hydrogen-bond donors (Lipinski definition) is 2. The second kappa shape index (κ2) is 2.62. The van der Waals surface area contributed by atoms with E-state index >= 15 is 0 Å². The van der Waals surface area contributed by atoms with Gasteiger partial charge in [-0.05, 0) is 6.92 Å². The van der Waals surface area contributed by atoms with Gasteiger partial charge in [0, 0.05) is 12.0 Å². The minimum absolute atomic E-state index is 0.120. The lowest BCUT2D eigenvalue weighted by molar-refractivity contribution is 0.504. The van der Waals surface area contributed by atoms with Crippen LogP contribution in [0, 0.1) is 6.92 Å². The van der Waals surface area contributed by atoms with Crippen LogP contribution in [0.4, 0.5) is 0 Å². The number of rotatable bonds is 2. The second-order valence-electron chi connectivity index (χ2n) is 3.33. The number of hydrogen-bond acceptors (Lipinski definition) is 3. The van der Waals surface area contributed by atoms with Gasteiger partial charge in [0.15, 0.2) is 5.82 Å². The number of aryl methyl sites for hydroxylation is 1. The van der Waals surface area contributed by atoms with Crippen molar-refractivity contribution in [1.82, 2.24) is 15.2 Å². The van der Waals surface area contributed by atoms with E-state index in [1.165, 1.54) is 0 Å².